The van der Waals surface area contributed by atoms with E-state index in [4.69, 9.17) is 0 Å². The van der Waals surface area contributed by atoms with Gasteiger partial charge in [0.25, 0.3) is 5.91 Å². The van der Waals surface area contributed by atoms with Crippen LogP contribution in [-0.2, 0) is 6.54 Å². The molecule has 1 aliphatic heterocycles. The number of nitrogens with zero attached hydrogens (tertiary/aromatic N) is 2. The van der Waals surface area contributed by atoms with Crippen molar-refractivity contribution in [1.29, 1.82) is 0 Å². The highest BCUT2D eigenvalue weighted by Crippen LogP contribution is 2.21. The number of carbonyl (C=O) groups is 1. The highest BCUT2D eigenvalue weighted by molar-refractivity contribution is 7.13. The summed E-state index contributed by atoms with van der Waals surface area (Å²) in [5, 5.41) is 5.66. The van der Waals surface area contributed by atoms with Crippen molar-refractivity contribution in [2.45, 2.75) is 40.2 Å². The van der Waals surface area contributed by atoms with Gasteiger partial charge in [0.1, 0.15) is 0 Å². The van der Waals surface area contributed by atoms with E-state index in [-0.39, 0.29) is 5.91 Å². The first-order chi connectivity index (χ1) is 11.5. The Hall–Kier alpha value is -1.72. The molecule has 3 rings (SSSR count). The third-order valence-corrected chi connectivity index (χ3v) is 5.19. The van der Waals surface area contributed by atoms with Gasteiger partial charge in [-0.2, -0.15) is 0 Å². The Morgan fingerprint density at radius 1 is 1.33 bits per heavy atom. The van der Waals surface area contributed by atoms with Crippen LogP contribution in [0.4, 0.5) is 5.13 Å². The van der Waals surface area contributed by atoms with Gasteiger partial charge in [0.05, 0.1) is 5.69 Å². The van der Waals surface area contributed by atoms with Gasteiger partial charge in [-0.25, -0.2) is 4.98 Å². The SMILES string of the molecule is Cc1cc(C)cc(C(=O)Nc2nc(CN3CCCC(C)C3)cs2)c1. The average Bonchev–Trinajstić information content (AvgIpc) is 2.93. The molecule has 128 valence electrons. The van der Waals surface area contributed by atoms with Gasteiger partial charge in [-0.05, 0) is 51.3 Å². The Morgan fingerprint density at radius 2 is 2.08 bits per heavy atom. The Kier molecular flexibility index (Phi) is 5.31. The largest absolute Gasteiger partial charge is 0.298 e. The fourth-order valence-corrected chi connectivity index (χ4v) is 4.07. The lowest BCUT2D eigenvalue weighted by Crippen LogP contribution is -2.33. The van der Waals surface area contributed by atoms with E-state index in [1.807, 2.05) is 26.0 Å². The number of benzene rings is 1. The fraction of sp³-hybridized carbons (Fsp3) is 0.474. The topological polar surface area (TPSA) is 45.2 Å². The van der Waals surface area contributed by atoms with Crippen molar-refractivity contribution >= 4 is 22.4 Å². The van der Waals surface area contributed by atoms with E-state index >= 15 is 0 Å². The van der Waals surface area contributed by atoms with Gasteiger partial charge in [-0.1, -0.05) is 24.1 Å². The molecule has 0 saturated carbocycles. The molecule has 1 aromatic heterocycles. The van der Waals surface area contributed by atoms with E-state index in [9.17, 15) is 4.79 Å². The molecule has 0 bridgehead atoms. The molecule has 4 nitrogen and oxygen atoms in total. The smallest absolute Gasteiger partial charge is 0.257 e. The number of rotatable bonds is 4. The van der Waals surface area contributed by atoms with E-state index in [1.54, 1.807) is 0 Å². The van der Waals surface area contributed by atoms with Gasteiger partial charge in [-0.15, -0.1) is 11.3 Å². The summed E-state index contributed by atoms with van der Waals surface area (Å²) in [6, 6.07) is 5.88. The van der Waals surface area contributed by atoms with Crippen LogP contribution in [0.15, 0.2) is 23.6 Å². The number of piperidine rings is 1. The molecule has 1 amide bonds. The number of aryl methyl sites for hydroxylation is 2. The highest BCUT2D eigenvalue weighted by atomic mass is 32.1. The quantitative estimate of drug-likeness (QED) is 0.903. The molecule has 1 aromatic carbocycles. The Labute approximate surface area is 147 Å². The van der Waals surface area contributed by atoms with Crippen molar-refractivity contribution < 1.29 is 4.79 Å². The molecule has 2 heterocycles. The molecule has 0 spiro atoms. The minimum atomic E-state index is -0.0886. The summed E-state index contributed by atoms with van der Waals surface area (Å²) in [6.07, 6.45) is 2.59. The summed E-state index contributed by atoms with van der Waals surface area (Å²) in [5.41, 5.74) is 3.93. The van der Waals surface area contributed by atoms with Crippen molar-refractivity contribution in [3.05, 3.63) is 46.0 Å². The van der Waals surface area contributed by atoms with Crippen molar-refractivity contribution in [3.8, 4) is 0 Å². The molecule has 1 unspecified atom stereocenters. The standard InChI is InChI=1S/C19H25N3OS/c1-13-5-4-6-22(10-13)11-17-12-24-19(20-17)21-18(23)16-8-14(2)7-15(3)9-16/h7-9,12-13H,4-6,10-11H2,1-3H3,(H,20,21,23). The van der Waals surface area contributed by atoms with E-state index in [0.29, 0.717) is 10.7 Å². The minimum Gasteiger partial charge on any atom is -0.298 e. The number of hydrogen-bond acceptors (Lipinski definition) is 4. The van der Waals surface area contributed by atoms with Crippen LogP contribution in [0.5, 0.6) is 0 Å². The number of anilines is 1. The van der Waals surface area contributed by atoms with E-state index < -0.39 is 0 Å². The molecule has 1 saturated heterocycles. The molecular weight excluding hydrogens is 318 g/mol. The second kappa shape index (κ2) is 7.45. The van der Waals surface area contributed by atoms with Crippen LogP contribution in [0.25, 0.3) is 0 Å². The first-order valence-electron chi connectivity index (χ1n) is 8.56. The maximum atomic E-state index is 12.4. The van der Waals surface area contributed by atoms with Crippen molar-refractivity contribution in [1.82, 2.24) is 9.88 Å². The van der Waals surface area contributed by atoms with E-state index in [2.05, 4.69) is 33.6 Å². The Bertz CT molecular complexity index is 705. The number of nitrogens with one attached hydrogen (secondary N) is 1. The van der Waals surface area contributed by atoms with Gasteiger partial charge < -0.3 is 0 Å². The normalized spacial score (nSPS) is 18.5. The second-order valence-corrected chi connectivity index (χ2v) is 7.82. The summed E-state index contributed by atoms with van der Waals surface area (Å²) in [7, 11) is 0. The van der Waals surface area contributed by atoms with Crippen LogP contribution >= 0.6 is 11.3 Å². The number of likely N-dealkylation sites (tertiary alicyclic amines) is 1. The summed E-state index contributed by atoms with van der Waals surface area (Å²) in [4.78, 5) is 19.4. The molecule has 1 fully saturated rings. The summed E-state index contributed by atoms with van der Waals surface area (Å²) in [5.74, 6) is 0.676. The monoisotopic (exact) mass is 343 g/mol. The number of aromatic nitrogens is 1. The lowest BCUT2D eigenvalue weighted by Gasteiger charge is -2.30. The van der Waals surface area contributed by atoms with Crippen LogP contribution in [-0.4, -0.2) is 28.9 Å². The van der Waals surface area contributed by atoms with Crippen LogP contribution in [0.1, 0.15) is 46.9 Å². The van der Waals surface area contributed by atoms with Crippen LogP contribution in [0.2, 0.25) is 0 Å². The molecule has 2 aromatic rings. The van der Waals surface area contributed by atoms with Gasteiger partial charge in [0.15, 0.2) is 5.13 Å². The zero-order chi connectivity index (χ0) is 17.1. The van der Waals surface area contributed by atoms with Crippen LogP contribution < -0.4 is 5.32 Å². The van der Waals surface area contributed by atoms with Crippen LogP contribution in [0.3, 0.4) is 0 Å². The number of thiazole rings is 1. The van der Waals surface area contributed by atoms with Gasteiger partial charge in [0.2, 0.25) is 0 Å². The van der Waals surface area contributed by atoms with Crippen LogP contribution in [0, 0.1) is 19.8 Å². The lowest BCUT2D eigenvalue weighted by molar-refractivity contribution is 0.102. The zero-order valence-electron chi connectivity index (χ0n) is 14.6. The third-order valence-electron chi connectivity index (χ3n) is 4.38. The molecular formula is C19H25N3OS. The molecule has 24 heavy (non-hydrogen) atoms. The second-order valence-electron chi connectivity index (χ2n) is 6.96. The van der Waals surface area contributed by atoms with Crippen molar-refractivity contribution in [2.24, 2.45) is 5.92 Å². The van der Waals surface area contributed by atoms with Crippen molar-refractivity contribution in [3.63, 3.8) is 0 Å². The Morgan fingerprint density at radius 3 is 2.79 bits per heavy atom. The average molecular weight is 343 g/mol. The van der Waals surface area contributed by atoms with Gasteiger partial charge in [-0.3, -0.25) is 15.0 Å². The first-order valence-corrected chi connectivity index (χ1v) is 9.44. The zero-order valence-corrected chi connectivity index (χ0v) is 15.4. The summed E-state index contributed by atoms with van der Waals surface area (Å²) >= 11 is 1.50. The fourth-order valence-electron chi connectivity index (χ4n) is 3.37. The number of hydrogen-bond donors (Lipinski definition) is 1. The maximum absolute atomic E-state index is 12.4. The molecule has 1 aliphatic rings. The van der Waals surface area contributed by atoms with E-state index in [1.165, 1.54) is 24.2 Å². The van der Waals surface area contributed by atoms with Crippen molar-refractivity contribution in [2.75, 3.05) is 18.4 Å². The lowest BCUT2D eigenvalue weighted by atomic mass is 10.0. The maximum Gasteiger partial charge on any atom is 0.257 e. The third kappa shape index (κ3) is 4.42. The predicted octanol–water partition coefficient (Wildman–Crippen LogP) is 4.24. The molecule has 1 atom stereocenters. The summed E-state index contributed by atoms with van der Waals surface area (Å²) in [6.45, 7) is 9.48. The number of amides is 1. The van der Waals surface area contributed by atoms with Gasteiger partial charge >= 0.3 is 0 Å². The first kappa shape index (κ1) is 17.1. The Balaban J connectivity index is 1.62. The van der Waals surface area contributed by atoms with Gasteiger partial charge in [0, 0.05) is 24.0 Å². The van der Waals surface area contributed by atoms with E-state index in [0.717, 1.165) is 42.4 Å². The molecule has 5 heteroatoms. The minimum absolute atomic E-state index is 0.0886. The molecule has 1 N–H and O–H groups in total. The highest BCUT2D eigenvalue weighted by Gasteiger charge is 2.17. The molecule has 0 radical (unpaired) electrons. The predicted molar refractivity (Wildman–Crippen MR) is 99.7 cm³/mol. The molecule has 0 aliphatic carbocycles. The number of carbonyl (C=O) groups excluding carboxylic acids is 1. The summed E-state index contributed by atoms with van der Waals surface area (Å²) < 4.78 is 0.